The van der Waals surface area contributed by atoms with Gasteiger partial charge in [-0.1, -0.05) is 60.7 Å². The number of carbonyl (C=O) groups excluding carboxylic acids is 1. The lowest BCUT2D eigenvalue weighted by Crippen LogP contribution is -2.51. The van der Waals surface area contributed by atoms with E-state index in [-0.39, 0.29) is 36.0 Å². The van der Waals surface area contributed by atoms with Crippen molar-refractivity contribution in [1.82, 2.24) is 10.6 Å². The Morgan fingerprint density at radius 2 is 1.56 bits per heavy atom. The number of aliphatic hydroxyl groups excluding tert-OH is 1. The molecule has 3 aromatic carbocycles. The molecule has 1 unspecified atom stereocenters. The van der Waals surface area contributed by atoms with Gasteiger partial charge in [0, 0.05) is 20.2 Å². The van der Waals surface area contributed by atoms with Gasteiger partial charge in [0.25, 0.3) is 0 Å². The molecule has 0 saturated heterocycles. The molecular weight excluding hydrogens is 540 g/mol. The number of hydrogen-bond donors (Lipinski definition) is 3. The first-order valence-corrected chi connectivity index (χ1v) is 14.1. The number of carbonyl (C=O) groups is 1. The summed E-state index contributed by atoms with van der Waals surface area (Å²) < 4.78 is 36.0. The van der Waals surface area contributed by atoms with Crippen molar-refractivity contribution in [1.29, 1.82) is 0 Å². The van der Waals surface area contributed by atoms with Gasteiger partial charge in [-0.25, -0.2) is 8.42 Å². The molecule has 3 rings (SSSR count). The van der Waals surface area contributed by atoms with Gasteiger partial charge in [-0.05, 0) is 48.2 Å². The van der Waals surface area contributed by atoms with Crippen molar-refractivity contribution in [2.75, 3.05) is 26.5 Å². The van der Waals surface area contributed by atoms with Crippen LogP contribution in [0.15, 0.2) is 89.8 Å². The predicted molar refractivity (Wildman–Crippen MR) is 154 cm³/mol. The van der Waals surface area contributed by atoms with Crippen molar-refractivity contribution in [2.24, 2.45) is 0 Å². The summed E-state index contributed by atoms with van der Waals surface area (Å²) in [7, 11) is -0.583. The van der Waals surface area contributed by atoms with E-state index in [1.54, 1.807) is 25.3 Å². The van der Waals surface area contributed by atoms with Gasteiger partial charge in [0.1, 0.15) is 11.9 Å². The largest absolute Gasteiger partial charge is 0.497 e. The van der Waals surface area contributed by atoms with Gasteiger partial charge >= 0.3 is 0 Å². The minimum atomic E-state index is -3.56. The van der Waals surface area contributed by atoms with E-state index < -0.39 is 34.0 Å². The molecule has 0 aliphatic carbocycles. The fraction of sp³-hybridized carbons (Fsp3) is 0.345. The Hall–Kier alpha value is -2.95. The molecule has 10 heteroatoms. The van der Waals surface area contributed by atoms with Gasteiger partial charge in [-0.3, -0.25) is 4.79 Å². The number of methoxy groups -OCH3 is 2. The maximum absolute atomic E-state index is 13.1. The molecule has 39 heavy (non-hydrogen) atoms. The van der Waals surface area contributed by atoms with Crippen LogP contribution < -0.4 is 15.4 Å². The molecule has 0 bridgehead atoms. The second-order valence-corrected chi connectivity index (χ2v) is 11.1. The topological polar surface area (TPSA) is 114 Å². The van der Waals surface area contributed by atoms with Gasteiger partial charge in [-0.15, -0.1) is 12.4 Å². The van der Waals surface area contributed by atoms with Gasteiger partial charge < -0.3 is 25.2 Å². The molecule has 0 spiro atoms. The van der Waals surface area contributed by atoms with Crippen molar-refractivity contribution < 1.29 is 27.8 Å². The normalized spacial score (nSPS) is 13.5. The number of hydrogen-bond acceptors (Lipinski definition) is 7. The van der Waals surface area contributed by atoms with Gasteiger partial charge in [0.05, 0.1) is 29.9 Å². The van der Waals surface area contributed by atoms with E-state index in [0.29, 0.717) is 13.0 Å². The number of nitrogens with one attached hydrogen (secondary N) is 2. The molecule has 212 valence electrons. The van der Waals surface area contributed by atoms with Crippen LogP contribution in [0.2, 0.25) is 0 Å². The van der Waals surface area contributed by atoms with Crippen molar-refractivity contribution >= 4 is 28.2 Å². The molecular formula is C29H37ClN2O6S. The van der Waals surface area contributed by atoms with Crippen LogP contribution in [-0.4, -0.2) is 64.2 Å². The van der Waals surface area contributed by atoms with Crippen molar-refractivity contribution in [3.63, 3.8) is 0 Å². The molecule has 0 aliphatic rings. The summed E-state index contributed by atoms with van der Waals surface area (Å²) in [5.41, 5.74) is 1.95. The highest BCUT2D eigenvalue weighted by Crippen LogP contribution is 2.15. The number of amides is 1. The Morgan fingerprint density at radius 1 is 0.923 bits per heavy atom. The number of rotatable bonds is 15. The second kappa shape index (κ2) is 16.2. The maximum atomic E-state index is 13.1. The van der Waals surface area contributed by atoms with Crippen LogP contribution in [0.5, 0.6) is 5.75 Å². The molecule has 3 aromatic rings. The van der Waals surface area contributed by atoms with E-state index in [1.165, 1.54) is 19.2 Å². The Labute approximate surface area is 237 Å². The van der Waals surface area contributed by atoms with Gasteiger partial charge in [0.15, 0.2) is 9.84 Å². The van der Waals surface area contributed by atoms with Crippen LogP contribution in [-0.2, 0) is 32.3 Å². The first-order chi connectivity index (χ1) is 18.3. The average molecular weight is 577 g/mol. The van der Waals surface area contributed by atoms with E-state index >= 15 is 0 Å². The molecule has 8 nitrogen and oxygen atoms in total. The third kappa shape index (κ3) is 10.3. The Kier molecular flexibility index (Phi) is 13.4. The summed E-state index contributed by atoms with van der Waals surface area (Å²) in [4.78, 5) is 13.3. The molecule has 0 aliphatic heterocycles. The van der Waals surface area contributed by atoms with E-state index in [2.05, 4.69) is 10.6 Å². The fourth-order valence-electron chi connectivity index (χ4n) is 4.08. The van der Waals surface area contributed by atoms with Crippen LogP contribution in [0.1, 0.15) is 17.5 Å². The first kappa shape index (κ1) is 32.3. The molecule has 3 N–H and O–H groups in total. The molecule has 0 saturated carbocycles. The lowest BCUT2D eigenvalue weighted by Gasteiger charge is -2.27. The molecule has 0 heterocycles. The highest BCUT2D eigenvalue weighted by molar-refractivity contribution is 7.91. The summed E-state index contributed by atoms with van der Waals surface area (Å²) in [5, 5.41) is 17.1. The van der Waals surface area contributed by atoms with Crippen molar-refractivity contribution in [2.45, 2.75) is 42.5 Å². The van der Waals surface area contributed by atoms with E-state index in [9.17, 15) is 18.3 Å². The highest BCUT2D eigenvalue weighted by Gasteiger charge is 2.27. The molecule has 3 atom stereocenters. The molecule has 0 aromatic heterocycles. The zero-order chi connectivity index (χ0) is 27.4. The monoisotopic (exact) mass is 576 g/mol. The smallest absolute Gasteiger partial charge is 0.249 e. The van der Waals surface area contributed by atoms with Crippen LogP contribution in [0.3, 0.4) is 0 Å². The van der Waals surface area contributed by atoms with E-state index in [1.807, 2.05) is 54.6 Å². The third-order valence-electron chi connectivity index (χ3n) is 6.24. The minimum Gasteiger partial charge on any atom is -0.497 e. The van der Waals surface area contributed by atoms with Gasteiger partial charge in [0.2, 0.25) is 5.91 Å². The zero-order valence-corrected chi connectivity index (χ0v) is 23.8. The first-order valence-electron chi connectivity index (χ1n) is 12.5. The summed E-state index contributed by atoms with van der Waals surface area (Å²) in [6.45, 7) is 0.743. The lowest BCUT2D eigenvalue weighted by atomic mass is 10.0. The summed E-state index contributed by atoms with van der Waals surface area (Å²) >= 11 is 0. The predicted octanol–water partition coefficient (Wildman–Crippen LogP) is 3.17. The maximum Gasteiger partial charge on any atom is 0.249 e. The van der Waals surface area contributed by atoms with Crippen molar-refractivity contribution in [3.8, 4) is 5.75 Å². The quantitative estimate of drug-likeness (QED) is 0.255. The van der Waals surface area contributed by atoms with Crippen LogP contribution in [0, 0.1) is 0 Å². The molecule has 0 fully saturated rings. The number of aliphatic hydroxyl groups is 1. The number of benzene rings is 3. The summed E-state index contributed by atoms with van der Waals surface area (Å²) in [6.07, 6.45) is -1.51. The fourth-order valence-corrected chi connectivity index (χ4v) is 5.41. The molecule has 0 radical (unpaired) electrons. The van der Waals surface area contributed by atoms with E-state index in [4.69, 9.17) is 9.47 Å². The number of sulfone groups is 1. The highest BCUT2D eigenvalue weighted by atomic mass is 35.5. The minimum absolute atomic E-state index is 0. The lowest BCUT2D eigenvalue weighted by molar-refractivity contribution is -0.132. The number of ether oxygens (including phenoxy) is 2. The van der Waals surface area contributed by atoms with Crippen LogP contribution in [0.4, 0.5) is 0 Å². The Bertz CT molecular complexity index is 1240. The van der Waals surface area contributed by atoms with Gasteiger partial charge in [-0.2, -0.15) is 0 Å². The SMILES string of the molecule is COc1cccc(CNC[C@H](O)[C@H](Cc2ccccc2)NC(=O)C(CCS(=O)(=O)c2ccccc2)OC)c1.Cl. The van der Waals surface area contributed by atoms with Crippen LogP contribution >= 0.6 is 12.4 Å². The van der Waals surface area contributed by atoms with Crippen LogP contribution in [0.25, 0.3) is 0 Å². The second-order valence-electron chi connectivity index (χ2n) is 9.00. The average Bonchev–Trinajstić information content (AvgIpc) is 2.94. The number of halogens is 1. The Morgan fingerprint density at radius 3 is 2.21 bits per heavy atom. The zero-order valence-electron chi connectivity index (χ0n) is 22.2. The third-order valence-corrected chi connectivity index (χ3v) is 8.00. The summed E-state index contributed by atoms with van der Waals surface area (Å²) in [6, 6.07) is 24.7. The standard InChI is InChI=1S/C29H36N2O6S.ClH/c1-36-24-13-9-12-23(18-24)20-30-21-27(32)26(19-22-10-5-3-6-11-22)31-29(33)28(37-2)16-17-38(34,35)25-14-7-4-8-15-25;/h3-15,18,26-28,30,32H,16-17,19-21H2,1-2H3,(H,31,33);1H/t26-,27-,28?;/m0./s1. The van der Waals surface area contributed by atoms with E-state index in [0.717, 1.165) is 16.9 Å². The summed E-state index contributed by atoms with van der Waals surface area (Å²) in [5.74, 6) is 0.0409. The van der Waals surface area contributed by atoms with Crippen molar-refractivity contribution in [3.05, 3.63) is 96.1 Å². The Balaban J connectivity index is 0.00000533. The molecule has 1 amide bonds.